The van der Waals surface area contributed by atoms with Gasteiger partial charge in [0.05, 0.1) is 10.8 Å². The van der Waals surface area contributed by atoms with Crippen LogP contribution in [0.1, 0.15) is 30.7 Å². The predicted molar refractivity (Wildman–Crippen MR) is 111 cm³/mol. The van der Waals surface area contributed by atoms with Gasteiger partial charge in [-0.2, -0.15) is 9.29 Å². The van der Waals surface area contributed by atoms with Gasteiger partial charge in [-0.3, -0.25) is 0 Å². The van der Waals surface area contributed by atoms with Crippen molar-refractivity contribution < 1.29 is 12.9 Å². The van der Waals surface area contributed by atoms with Gasteiger partial charge in [-0.15, -0.1) is 0 Å². The molecule has 1 aromatic carbocycles. The molecule has 0 N–H and O–H groups in total. The quantitative estimate of drug-likeness (QED) is 0.548. The first kappa shape index (κ1) is 20.1. The zero-order chi connectivity index (χ0) is 20.3. The second kappa shape index (κ2) is 8.64. The fourth-order valence-corrected chi connectivity index (χ4v) is 5.27. The number of thioether (sulfide) groups is 1. The Labute approximate surface area is 174 Å². The first-order valence-corrected chi connectivity index (χ1v) is 11.9. The Morgan fingerprint density at radius 3 is 2.52 bits per heavy atom. The Hall–Kier alpha value is -2.23. The predicted octanol–water partition coefficient (Wildman–Crippen LogP) is 3.91. The van der Waals surface area contributed by atoms with E-state index in [1.807, 2.05) is 31.2 Å². The van der Waals surface area contributed by atoms with E-state index in [-0.39, 0.29) is 4.90 Å². The van der Waals surface area contributed by atoms with Crippen molar-refractivity contribution >= 4 is 21.8 Å². The second-order valence-electron chi connectivity index (χ2n) is 6.97. The number of rotatable bonds is 6. The van der Waals surface area contributed by atoms with Crippen LogP contribution in [0.2, 0.25) is 0 Å². The largest absolute Gasteiger partial charge is 0.334 e. The summed E-state index contributed by atoms with van der Waals surface area (Å²) >= 11 is 1.43. The summed E-state index contributed by atoms with van der Waals surface area (Å²) in [6.45, 7) is 3.19. The first-order valence-electron chi connectivity index (χ1n) is 9.51. The maximum atomic E-state index is 12.7. The fourth-order valence-electron chi connectivity index (χ4n) is 3.12. The highest BCUT2D eigenvalue weighted by Crippen LogP contribution is 2.25. The summed E-state index contributed by atoms with van der Waals surface area (Å²) in [5.74, 6) is 1.54. The molecule has 2 aromatic heterocycles. The molecule has 0 amide bonds. The molecule has 0 unspecified atom stereocenters. The molecule has 1 fully saturated rings. The topological polar surface area (TPSA) is 89.2 Å². The van der Waals surface area contributed by atoms with Gasteiger partial charge < -0.3 is 4.52 Å². The number of pyridine rings is 1. The smallest absolute Gasteiger partial charge is 0.257 e. The number of piperidine rings is 1. The first-order chi connectivity index (χ1) is 14.0. The van der Waals surface area contributed by atoms with Crippen molar-refractivity contribution in [3.8, 4) is 11.5 Å². The minimum absolute atomic E-state index is 0.241. The molecule has 9 heteroatoms. The molecule has 1 aliphatic rings. The lowest BCUT2D eigenvalue weighted by molar-refractivity contribution is 0.346. The SMILES string of the molecule is Cc1ccc(-c2nc(CSc3ccc(S(=O)(=O)N4CCCCC4)cn3)no2)cc1. The Balaban J connectivity index is 1.39. The van der Waals surface area contributed by atoms with Crippen molar-refractivity contribution in [2.24, 2.45) is 0 Å². The molecule has 1 saturated heterocycles. The van der Waals surface area contributed by atoms with E-state index in [2.05, 4.69) is 15.1 Å². The van der Waals surface area contributed by atoms with Gasteiger partial charge in [-0.05, 0) is 44.0 Å². The minimum Gasteiger partial charge on any atom is -0.334 e. The third-order valence-electron chi connectivity index (χ3n) is 4.78. The highest BCUT2D eigenvalue weighted by atomic mass is 32.2. The van der Waals surface area contributed by atoms with E-state index in [0.29, 0.717) is 35.6 Å². The van der Waals surface area contributed by atoms with E-state index in [0.717, 1.165) is 24.8 Å². The number of aryl methyl sites for hydroxylation is 1. The van der Waals surface area contributed by atoms with Crippen molar-refractivity contribution in [3.63, 3.8) is 0 Å². The summed E-state index contributed by atoms with van der Waals surface area (Å²) in [6, 6.07) is 11.2. The molecule has 3 aromatic rings. The van der Waals surface area contributed by atoms with Gasteiger partial charge in [0.1, 0.15) is 4.90 Å². The Morgan fingerprint density at radius 2 is 1.83 bits per heavy atom. The molecule has 4 rings (SSSR count). The molecule has 7 nitrogen and oxygen atoms in total. The number of hydrogen-bond donors (Lipinski definition) is 0. The molecular formula is C20H22N4O3S2. The molecule has 0 spiro atoms. The van der Waals surface area contributed by atoms with Crippen LogP contribution < -0.4 is 0 Å². The van der Waals surface area contributed by atoms with Crippen LogP contribution in [0.3, 0.4) is 0 Å². The van der Waals surface area contributed by atoms with Crippen LogP contribution in [0.15, 0.2) is 57.0 Å². The average Bonchev–Trinajstić information content (AvgIpc) is 3.23. The van der Waals surface area contributed by atoms with Gasteiger partial charge >= 0.3 is 0 Å². The van der Waals surface area contributed by atoms with Crippen molar-refractivity contribution in [1.29, 1.82) is 0 Å². The Kier molecular flexibility index (Phi) is 5.98. The average molecular weight is 431 g/mol. The minimum atomic E-state index is -3.45. The molecule has 152 valence electrons. The van der Waals surface area contributed by atoms with Crippen LogP contribution in [-0.2, 0) is 15.8 Å². The second-order valence-corrected chi connectivity index (χ2v) is 9.90. The van der Waals surface area contributed by atoms with Crippen LogP contribution in [0.25, 0.3) is 11.5 Å². The third-order valence-corrected chi connectivity index (χ3v) is 7.60. The zero-order valence-electron chi connectivity index (χ0n) is 16.1. The molecule has 0 atom stereocenters. The van der Waals surface area contributed by atoms with Crippen molar-refractivity contribution in [2.75, 3.05) is 13.1 Å². The van der Waals surface area contributed by atoms with E-state index < -0.39 is 10.0 Å². The summed E-state index contributed by atoms with van der Waals surface area (Å²) in [7, 11) is -3.45. The fraction of sp³-hybridized carbons (Fsp3) is 0.350. The van der Waals surface area contributed by atoms with Gasteiger partial charge in [-0.25, -0.2) is 13.4 Å². The van der Waals surface area contributed by atoms with E-state index in [1.165, 1.54) is 23.5 Å². The molecule has 0 saturated carbocycles. The van der Waals surface area contributed by atoms with Crippen LogP contribution in [0.5, 0.6) is 0 Å². The normalized spacial score (nSPS) is 15.5. The number of hydrogen-bond acceptors (Lipinski definition) is 7. The molecular weight excluding hydrogens is 408 g/mol. The van der Waals surface area contributed by atoms with Crippen LogP contribution in [0, 0.1) is 6.92 Å². The maximum absolute atomic E-state index is 12.7. The van der Waals surface area contributed by atoms with Gasteiger partial charge in [-0.1, -0.05) is 41.0 Å². The van der Waals surface area contributed by atoms with Crippen LogP contribution in [-0.4, -0.2) is 40.9 Å². The van der Waals surface area contributed by atoms with Gasteiger partial charge in [0, 0.05) is 24.8 Å². The van der Waals surface area contributed by atoms with E-state index in [1.54, 1.807) is 16.4 Å². The monoisotopic (exact) mass is 430 g/mol. The Bertz CT molecular complexity index is 1060. The Morgan fingerprint density at radius 1 is 1.07 bits per heavy atom. The molecule has 0 radical (unpaired) electrons. The molecule has 0 bridgehead atoms. The van der Waals surface area contributed by atoms with E-state index >= 15 is 0 Å². The number of nitrogens with zero attached hydrogens (tertiary/aromatic N) is 4. The third kappa shape index (κ3) is 4.68. The van der Waals surface area contributed by atoms with Crippen LogP contribution >= 0.6 is 11.8 Å². The van der Waals surface area contributed by atoms with Crippen molar-refractivity contribution in [2.45, 2.75) is 41.9 Å². The molecule has 3 heterocycles. The summed E-state index contributed by atoms with van der Waals surface area (Å²) in [5.41, 5.74) is 2.05. The lowest BCUT2D eigenvalue weighted by atomic mass is 10.1. The van der Waals surface area contributed by atoms with Gasteiger partial charge in [0.25, 0.3) is 5.89 Å². The molecule has 0 aliphatic carbocycles. The highest BCUT2D eigenvalue weighted by molar-refractivity contribution is 7.98. The maximum Gasteiger partial charge on any atom is 0.257 e. The molecule has 1 aliphatic heterocycles. The summed E-state index contributed by atoms with van der Waals surface area (Å²) in [6.07, 6.45) is 4.34. The lowest BCUT2D eigenvalue weighted by Gasteiger charge is -2.25. The lowest BCUT2D eigenvalue weighted by Crippen LogP contribution is -2.35. The molecule has 29 heavy (non-hydrogen) atoms. The van der Waals surface area contributed by atoms with Gasteiger partial charge in [0.15, 0.2) is 5.82 Å². The number of sulfonamides is 1. The summed E-state index contributed by atoms with van der Waals surface area (Å²) < 4.78 is 32.2. The summed E-state index contributed by atoms with van der Waals surface area (Å²) in [5, 5.41) is 4.72. The standard InChI is InChI=1S/C20H22N4O3S2/c1-15-5-7-16(8-6-15)20-22-18(23-27-20)14-28-19-10-9-17(13-21-19)29(25,26)24-11-3-2-4-12-24/h5-10,13H,2-4,11-12,14H2,1H3. The number of benzene rings is 1. The van der Waals surface area contributed by atoms with E-state index in [9.17, 15) is 8.42 Å². The summed E-state index contributed by atoms with van der Waals surface area (Å²) in [4.78, 5) is 8.96. The number of aromatic nitrogens is 3. The van der Waals surface area contributed by atoms with Gasteiger partial charge in [0.2, 0.25) is 10.0 Å². The van der Waals surface area contributed by atoms with Crippen molar-refractivity contribution in [3.05, 3.63) is 54.0 Å². The van der Waals surface area contributed by atoms with Crippen molar-refractivity contribution in [1.82, 2.24) is 19.4 Å². The van der Waals surface area contributed by atoms with Crippen LogP contribution in [0.4, 0.5) is 0 Å². The highest BCUT2D eigenvalue weighted by Gasteiger charge is 2.26. The van der Waals surface area contributed by atoms with E-state index in [4.69, 9.17) is 4.52 Å². The zero-order valence-corrected chi connectivity index (χ0v) is 17.7.